The molecule has 10 aromatic carbocycles. The van der Waals surface area contributed by atoms with Gasteiger partial charge in [-0.25, -0.2) is 19.9 Å². The monoisotopic (exact) mass is 880 g/mol. The van der Waals surface area contributed by atoms with Crippen molar-refractivity contribution in [2.24, 2.45) is 0 Å². The molecule has 2 heterocycles. The second kappa shape index (κ2) is 16.2. The minimum absolute atomic E-state index is 0.102. The first-order valence-electron chi connectivity index (χ1n) is 23.6. The molecule has 13 rings (SSSR count). The van der Waals surface area contributed by atoms with Crippen LogP contribution in [-0.2, 0) is 5.41 Å². The van der Waals surface area contributed by atoms with E-state index < -0.39 is 0 Å². The Hall–Kier alpha value is -8.86. The Balaban J connectivity index is 1.05. The minimum atomic E-state index is -0.102. The summed E-state index contributed by atoms with van der Waals surface area (Å²) in [4.78, 5) is 21.5. The van der Waals surface area contributed by atoms with Crippen LogP contribution in [0.25, 0.3) is 122 Å². The maximum Gasteiger partial charge on any atom is 0.160 e. The molecule has 4 heteroatoms. The zero-order valence-electron chi connectivity index (χ0n) is 38.2. The molecule has 2 aromatic heterocycles. The third kappa shape index (κ3) is 7.00. The van der Waals surface area contributed by atoms with Gasteiger partial charge in [0.2, 0.25) is 0 Å². The van der Waals surface area contributed by atoms with Gasteiger partial charge in [0.15, 0.2) is 11.6 Å². The van der Waals surface area contributed by atoms with E-state index in [1.807, 2.05) is 24.3 Å². The van der Waals surface area contributed by atoms with Crippen LogP contribution >= 0.6 is 0 Å². The van der Waals surface area contributed by atoms with Crippen molar-refractivity contribution in [3.8, 4) is 89.8 Å². The Labute approximate surface area is 401 Å². The Morgan fingerprint density at radius 3 is 1.61 bits per heavy atom. The molecular formula is C65H44N4. The van der Waals surface area contributed by atoms with Crippen LogP contribution in [0.1, 0.15) is 25.0 Å². The number of hydrogen-bond acceptors (Lipinski definition) is 4. The van der Waals surface area contributed by atoms with E-state index in [-0.39, 0.29) is 5.41 Å². The lowest BCUT2D eigenvalue weighted by Crippen LogP contribution is -2.14. The quantitative estimate of drug-likeness (QED) is 0.150. The van der Waals surface area contributed by atoms with Crippen LogP contribution in [0.3, 0.4) is 0 Å². The largest absolute Gasteiger partial charge is 0.228 e. The van der Waals surface area contributed by atoms with Crippen LogP contribution in [0.2, 0.25) is 0 Å². The fraction of sp³-hybridized carbons (Fsp3) is 0.0462. The fourth-order valence-electron chi connectivity index (χ4n) is 10.5. The Morgan fingerprint density at radius 1 is 0.290 bits per heavy atom. The van der Waals surface area contributed by atoms with Gasteiger partial charge in [0, 0.05) is 43.8 Å². The smallest absolute Gasteiger partial charge is 0.160 e. The van der Waals surface area contributed by atoms with Gasteiger partial charge in [-0.05, 0) is 110 Å². The van der Waals surface area contributed by atoms with Crippen molar-refractivity contribution >= 4 is 32.6 Å². The Morgan fingerprint density at radius 2 is 0.841 bits per heavy atom. The van der Waals surface area contributed by atoms with Gasteiger partial charge in [0.05, 0.1) is 22.4 Å². The van der Waals surface area contributed by atoms with Crippen molar-refractivity contribution in [2.45, 2.75) is 19.3 Å². The van der Waals surface area contributed by atoms with Crippen molar-refractivity contribution < 1.29 is 0 Å². The first-order chi connectivity index (χ1) is 33.9. The molecule has 0 spiro atoms. The van der Waals surface area contributed by atoms with E-state index in [0.29, 0.717) is 11.6 Å². The highest BCUT2D eigenvalue weighted by Gasteiger charge is 2.35. The number of benzene rings is 10. The lowest BCUT2D eigenvalue weighted by Gasteiger charge is -2.21. The van der Waals surface area contributed by atoms with Gasteiger partial charge in [0.25, 0.3) is 0 Å². The highest BCUT2D eigenvalue weighted by atomic mass is 14.9. The molecule has 0 fully saturated rings. The van der Waals surface area contributed by atoms with Gasteiger partial charge in [0.1, 0.15) is 0 Å². The zero-order valence-corrected chi connectivity index (χ0v) is 38.2. The molecule has 12 aromatic rings. The van der Waals surface area contributed by atoms with E-state index in [1.165, 1.54) is 27.8 Å². The summed E-state index contributed by atoms with van der Waals surface area (Å²) in [6, 6.07) is 82.1. The SMILES string of the molecule is CC1(C)c2ccccc2-c2cc(-c3nc(-c4cc(-c5cccc(-c6ccccc6)c5)cc(-c5ccc6nc(-c7ccccc7)nc(-c7ccccc7)c6c5)c4)nc4c3ccc3ccccc34)ccc21. The molecular weight excluding hydrogens is 837 g/mol. The second-order valence-corrected chi connectivity index (χ2v) is 18.6. The molecule has 69 heavy (non-hydrogen) atoms. The first kappa shape index (κ1) is 40.4. The second-order valence-electron chi connectivity index (χ2n) is 18.6. The first-order valence-corrected chi connectivity index (χ1v) is 23.6. The summed E-state index contributed by atoms with van der Waals surface area (Å²) in [7, 11) is 0. The van der Waals surface area contributed by atoms with Gasteiger partial charge in [-0.3, -0.25) is 0 Å². The highest BCUT2D eigenvalue weighted by molar-refractivity contribution is 6.10. The van der Waals surface area contributed by atoms with Crippen LogP contribution in [-0.4, -0.2) is 19.9 Å². The number of fused-ring (bicyclic) bond motifs is 7. The number of aromatic nitrogens is 4. The van der Waals surface area contributed by atoms with Crippen LogP contribution in [0.4, 0.5) is 0 Å². The molecule has 0 unspecified atom stereocenters. The fourth-order valence-corrected chi connectivity index (χ4v) is 10.5. The zero-order chi connectivity index (χ0) is 46.1. The van der Waals surface area contributed by atoms with Crippen molar-refractivity contribution in [1.82, 2.24) is 19.9 Å². The predicted octanol–water partition coefficient (Wildman–Crippen LogP) is 16.7. The van der Waals surface area contributed by atoms with Crippen LogP contribution in [0.5, 0.6) is 0 Å². The van der Waals surface area contributed by atoms with Gasteiger partial charge in [-0.15, -0.1) is 0 Å². The standard InChI is InChI=1S/C65H44N4/c1-65(2)57-28-15-14-27-53(57)55-40-48(30-33-58(55)65)61-54-32-29-42-19-12-13-26-52(42)62(54)69-64(68-61)51-37-49(46-25-16-24-45(35-46)41-17-6-3-7-18-41)36-50(38-51)47-31-34-59-56(39-47)60(43-20-8-4-9-21-43)67-63(66-59)44-22-10-5-11-23-44/h3-40H,1-2H3. The molecule has 0 aliphatic heterocycles. The molecule has 324 valence electrons. The average molecular weight is 881 g/mol. The van der Waals surface area contributed by atoms with Crippen LogP contribution in [0.15, 0.2) is 231 Å². The summed E-state index contributed by atoms with van der Waals surface area (Å²) in [5.74, 6) is 1.37. The molecule has 0 saturated heterocycles. The summed E-state index contributed by atoms with van der Waals surface area (Å²) >= 11 is 0. The summed E-state index contributed by atoms with van der Waals surface area (Å²) < 4.78 is 0. The maximum absolute atomic E-state index is 5.61. The van der Waals surface area contributed by atoms with Gasteiger partial charge in [-0.1, -0.05) is 196 Å². The molecule has 0 N–H and O–H groups in total. The third-order valence-electron chi connectivity index (χ3n) is 14.1. The molecule has 0 amide bonds. The van der Waals surface area contributed by atoms with Crippen molar-refractivity contribution in [2.75, 3.05) is 0 Å². The molecule has 1 aliphatic rings. The average Bonchev–Trinajstić information content (AvgIpc) is 3.65. The number of rotatable bonds is 7. The molecule has 4 nitrogen and oxygen atoms in total. The van der Waals surface area contributed by atoms with Crippen molar-refractivity contribution in [1.29, 1.82) is 0 Å². The van der Waals surface area contributed by atoms with Gasteiger partial charge in [-0.2, -0.15) is 0 Å². The maximum atomic E-state index is 5.61. The van der Waals surface area contributed by atoms with Crippen LogP contribution in [0, 0.1) is 0 Å². The van der Waals surface area contributed by atoms with E-state index in [1.54, 1.807) is 0 Å². The van der Waals surface area contributed by atoms with Crippen molar-refractivity contribution in [3.05, 3.63) is 242 Å². The predicted molar refractivity (Wildman–Crippen MR) is 286 cm³/mol. The topological polar surface area (TPSA) is 51.6 Å². The third-order valence-corrected chi connectivity index (χ3v) is 14.1. The molecule has 0 saturated carbocycles. The van der Waals surface area contributed by atoms with Gasteiger partial charge < -0.3 is 0 Å². The van der Waals surface area contributed by atoms with Crippen LogP contribution < -0.4 is 0 Å². The van der Waals surface area contributed by atoms with Gasteiger partial charge >= 0.3 is 0 Å². The summed E-state index contributed by atoms with van der Waals surface area (Å²) in [6.07, 6.45) is 0. The van der Waals surface area contributed by atoms with E-state index in [2.05, 4.69) is 220 Å². The van der Waals surface area contributed by atoms with E-state index in [9.17, 15) is 0 Å². The van der Waals surface area contributed by atoms with Crippen molar-refractivity contribution in [3.63, 3.8) is 0 Å². The Kier molecular flexibility index (Phi) is 9.48. The molecule has 1 aliphatic carbocycles. The summed E-state index contributed by atoms with van der Waals surface area (Å²) in [5.41, 5.74) is 19.3. The molecule has 0 radical (unpaired) electrons. The van der Waals surface area contributed by atoms with E-state index >= 15 is 0 Å². The molecule has 0 atom stereocenters. The number of hydrogen-bond donors (Lipinski definition) is 0. The highest BCUT2D eigenvalue weighted by Crippen LogP contribution is 2.50. The van der Waals surface area contributed by atoms with E-state index in [4.69, 9.17) is 19.9 Å². The Bertz CT molecular complexity index is 3970. The number of nitrogens with zero attached hydrogens (tertiary/aromatic N) is 4. The minimum Gasteiger partial charge on any atom is -0.228 e. The normalized spacial score (nSPS) is 12.6. The van der Waals surface area contributed by atoms with E-state index in [0.717, 1.165) is 94.0 Å². The lowest BCUT2D eigenvalue weighted by molar-refractivity contribution is 0.660. The summed E-state index contributed by atoms with van der Waals surface area (Å²) in [6.45, 7) is 4.66. The lowest BCUT2D eigenvalue weighted by atomic mass is 9.82. The molecule has 0 bridgehead atoms. The summed E-state index contributed by atoms with van der Waals surface area (Å²) in [5, 5.41) is 4.24.